The fourth-order valence-electron chi connectivity index (χ4n) is 2.37. The molecule has 2 unspecified atom stereocenters. The first kappa shape index (κ1) is 21.8. The van der Waals surface area contributed by atoms with E-state index in [1.54, 1.807) is 37.3 Å². The molecule has 0 saturated heterocycles. The Labute approximate surface area is 157 Å². The van der Waals surface area contributed by atoms with Crippen LogP contribution in [0.3, 0.4) is 0 Å². The summed E-state index contributed by atoms with van der Waals surface area (Å²) in [6.45, 7) is 1.32. The number of hydrogen-bond donors (Lipinski definition) is 4. The smallest absolute Gasteiger partial charge is 0.290 e. The number of Topliss-reactive ketones (excluding diaryl/α,β-unsaturated/α-hetero) is 1. The molecule has 4 amide bonds. The van der Waals surface area contributed by atoms with Crippen molar-refractivity contribution >= 4 is 29.9 Å². The normalized spacial score (nSPS) is 12.2. The average molecular weight is 376 g/mol. The molecule has 4 N–H and O–H groups in total. The Morgan fingerprint density at radius 2 is 1.78 bits per heavy atom. The fourth-order valence-corrected chi connectivity index (χ4v) is 2.37. The molecule has 1 rings (SSSR count). The molecule has 0 fully saturated rings. The molecule has 0 saturated carbocycles. The number of carbonyl (C=O) groups excluding carboxylic acids is 5. The van der Waals surface area contributed by atoms with Crippen LogP contribution in [-0.2, 0) is 24.0 Å². The quantitative estimate of drug-likeness (QED) is 0.296. The molecule has 9 nitrogen and oxygen atoms in total. The highest BCUT2D eigenvalue weighted by molar-refractivity contribution is 6.38. The number of benzene rings is 1. The third kappa shape index (κ3) is 6.89. The van der Waals surface area contributed by atoms with Crippen LogP contribution in [0.15, 0.2) is 30.3 Å². The Morgan fingerprint density at radius 1 is 1.11 bits per heavy atom. The summed E-state index contributed by atoms with van der Waals surface area (Å²) in [6, 6.07) is 6.74. The Hall–Kier alpha value is -3.23. The lowest BCUT2D eigenvalue weighted by Gasteiger charge is -2.18. The predicted molar refractivity (Wildman–Crippen MR) is 97.3 cm³/mol. The van der Waals surface area contributed by atoms with Gasteiger partial charge in [0.2, 0.25) is 24.0 Å². The standard InChI is InChI=1S/C18H24N4O5/c1-3-7-13(21-11-23)16(25)18(27)20-10-14(24)22-15(17(26)19-2)12-8-5-4-6-9-12/h4-6,8-9,11,13,15H,3,7,10H2,1-2H3,(H,19,26)(H,20,27)(H,21,23)(H,22,24). The Kier molecular flexibility index (Phi) is 9.21. The van der Waals surface area contributed by atoms with Crippen molar-refractivity contribution in [3.8, 4) is 0 Å². The molecule has 2 atom stereocenters. The minimum atomic E-state index is -0.978. The summed E-state index contributed by atoms with van der Waals surface area (Å²) in [5.41, 5.74) is 0.575. The highest BCUT2D eigenvalue weighted by atomic mass is 16.2. The number of amides is 4. The van der Waals surface area contributed by atoms with Crippen molar-refractivity contribution in [1.82, 2.24) is 21.3 Å². The number of rotatable bonds is 11. The third-order valence-electron chi connectivity index (χ3n) is 3.74. The first-order valence-electron chi connectivity index (χ1n) is 8.52. The highest BCUT2D eigenvalue weighted by Crippen LogP contribution is 2.12. The van der Waals surface area contributed by atoms with E-state index in [4.69, 9.17) is 0 Å². The molecule has 0 spiro atoms. The number of likely N-dealkylation sites (N-methyl/N-ethyl adjacent to an activating group) is 1. The van der Waals surface area contributed by atoms with E-state index >= 15 is 0 Å². The van der Waals surface area contributed by atoms with Gasteiger partial charge in [0.15, 0.2) is 0 Å². The molecule has 0 aliphatic rings. The van der Waals surface area contributed by atoms with Crippen LogP contribution in [0, 0.1) is 0 Å². The van der Waals surface area contributed by atoms with E-state index in [9.17, 15) is 24.0 Å². The molecule has 0 aromatic heterocycles. The second-order valence-corrected chi connectivity index (χ2v) is 5.70. The topological polar surface area (TPSA) is 133 Å². The van der Waals surface area contributed by atoms with Crippen LogP contribution in [0.25, 0.3) is 0 Å². The summed E-state index contributed by atoms with van der Waals surface area (Å²) in [4.78, 5) is 58.6. The minimum absolute atomic E-state index is 0.309. The monoisotopic (exact) mass is 376 g/mol. The maximum absolute atomic E-state index is 12.1. The first-order chi connectivity index (χ1) is 12.9. The number of hydrogen-bond acceptors (Lipinski definition) is 5. The minimum Gasteiger partial charge on any atom is -0.357 e. The molecule has 9 heteroatoms. The summed E-state index contributed by atoms with van der Waals surface area (Å²) in [5, 5.41) is 9.46. The van der Waals surface area contributed by atoms with E-state index in [1.807, 2.05) is 0 Å². The zero-order valence-corrected chi connectivity index (χ0v) is 15.3. The van der Waals surface area contributed by atoms with Crippen molar-refractivity contribution in [2.24, 2.45) is 0 Å². The molecular weight excluding hydrogens is 352 g/mol. The Morgan fingerprint density at radius 3 is 2.33 bits per heavy atom. The molecule has 0 aliphatic carbocycles. The second kappa shape index (κ2) is 11.4. The average Bonchev–Trinajstić information content (AvgIpc) is 2.69. The van der Waals surface area contributed by atoms with Crippen LogP contribution in [0.4, 0.5) is 0 Å². The summed E-state index contributed by atoms with van der Waals surface area (Å²) < 4.78 is 0. The second-order valence-electron chi connectivity index (χ2n) is 5.70. The van der Waals surface area contributed by atoms with Gasteiger partial charge in [-0.25, -0.2) is 0 Å². The molecule has 0 bridgehead atoms. The SMILES string of the molecule is CCCC(NC=O)C(=O)C(=O)NCC(=O)NC(C(=O)NC)c1ccccc1. The van der Waals surface area contributed by atoms with Gasteiger partial charge >= 0.3 is 0 Å². The van der Waals surface area contributed by atoms with Gasteiger partial charge in [-0.1, -0.05) is 43.7 Å². The summed E-state index contributed by atoms with van der Waals surface area (Å²) >= 11 is 0. The predicted octanol–water partition coefficient (Wildman–Crippen LogP) is -0.810. The summed E-state index contributed by atoms with van der Waals surface area (Å²) in [6.07, 6.45) is 1.26. The largest absolute Gasteiger partial charge is 0.357 e. The molecule has 0 aliphatic heterocycles. The van der Waals surface area contributed by atoms with Crippen molar-refractivity contribution in [2.45, 2.75) is 31.8 Å². The van der Waals surface area contributed by atoms with Gasteiger partial charge in [-0.05, 0) is 12.0 Å². The van der Waals surface area contributed by atoms with Crippen molar-refractivity contribution in [1.29, 1.82) is 0 Å². The zero-order chi connectivity index (χ0) is 20.2. The lowest BCUT2D eigenvalue weighted by atomic mass is 10.1. The maximum Gasteiger partial charge on any atom is 0.290 e. The Bertz CT molecular complexity index is 678. The van der Waals surface area contributed by atoms with E-state index in [2.05, 4.69) is 21.3 Å². The first-order valence-corrected chi connectivity index (χ1v) is 8.52. The van der Waals surface area contributed by atoms with E-state index in [0.29, 0.717) is 24.8 Å². The number of carbonyl (C=O) groups is 5. The molecule has 0 heterocycles. The van der Waals surface area contributed by atoms with E-state index < -0.39 is 42.1 Å². The van der Waals surface area contributed by atoms with Crippen LogP contribution in [0.5, 0.6) is 0 Å². The molecular formula is C18H24N4O5. The number of nitrogens with one attached hydrogen (secondary N) is 4. The van der Waals surface area contributed by atoms with Crippen LogP contribution >= 0.6 is 0 Å². The van der Waals surface area contributed by atoms with E-state index in [-0.39, 0.29) is 0 Å². The van der Waals surface area contributed by atoms with Crippen LogP contribution in [0.1, 0.15) is 31.4 Å². The van der Waals surface area contributed by atoms with Crippen LogP contribution < -0.4 is 21.3 Å². The summed E-state index contributed by atoms with van der Waals surface area (Å²) in [5.74, 6) is -2.86. The molecule has 0 radical (unpaired) electrons. The van der Waals surface area contributed by atoms with Crippen molar-refractivity contribution in [3.63, 3.8) is 0 Å². The van der Waals surface area contributed by atoms with Crippen LogP contribution in [0.2, 0.25) is 0 Å². The van der Waals surface area contributed by atoms with Gasteiger partial charge in [-0.2, -0.15) is 0 Å². The lowest BCUT2D eigenvalue weighted by molar-refractivity contribution is -0.140. The van der Waals surface area contributed by atoms with Crippen molar-refractivity contribution in [3.05, 3.63) is 35.9 Å². The number of ketones is 1. The van der Waals surface area contributed by atoms with Gasteiger partial charge in [0, 0.05) is 7.05 Å². The fraction of sp³-hybridized carbons (Fsp3) is 0.389. The van der Waals surface area contributed by atoms with Gasteiger partial charge in [-0.3, -0.25) is 24.0 Å². The van der Waals surface area contributed by atoms with Gasteiger partial charge in [0.25, 0.3) is 5.91 Å². The van der Waals surface area contributed by atoms with Gasteiger partial charge in [0.05, 0.1) is 12.6 Å². The lowest BCUT2D eigenvalue weighted by Crippen LogP contribution is -2.48. The molecule has 27 heavy (non-hydrogen) atoms. The maximum atomic E-state index is 12.1. The molecule has 1 aromatic carbocycles. The van der Waals surface area contributed by atoms with E-state index in [0.717, 1.165) is 0 Å². The summed E-state index contributed by atoms with van der Waals surface area (Å²) in [7, 11) is 1.44. The van der Waals surface area contributed by atoms with E-state index in [1.165, 1.54) is 7.05 Å². The van der Waals surface area contributed by atoms with Gasteiger partial charge in [-0.15, -0.1) is 0 Å². The highest BCUT2D eigenvalue weighted by Gasteiger charge is 2.25. The van der Waals surface area contributed by atoms with Crippen LogP contribution in [-0.4, -0.2) is 49.5 Å². The van der Waals surface area contributed by atoms with Crippen molar-refractivity contribution < 1.29 is 24.0 Å². The Balaban J connectivity index is 2.66. The van der Waals surface area contributed by atoms with Gasteiger partial charge < -0.3 is 21.3 Å². The van der Waals surface area contributed by atoms with Crippen molar-refractivity contribution in [2.75, 3.05) is 13.6 Å². The zero-order valence-electron chi connectivity index (χ0n) is 15.3. The molecule has 1 aromatic rings. The molecule has 146 valence electrons. The third-order valence-corrected chi connectivity index (χ3v) is 3.74. The van der Waals surface area contributed by atoms with Gasteiger partial charge in [0.1, 0.15) is 6.04 Å².